The molecule has 15 heavy (non-hydrogen) atoms. The molecule has 3 unspecified atom stereocenters. The topological polar surface area (TPSA) is 12.5 Å². The summed E-state index contributed by atoms with van der Waals surface area (Å²) < 4.78 is 5.40. The smallest absolute Gasteiger partial charge is 0.0594 e. The first-order valence-electron chi connectivity index (χ1n) is 6.57. The van der Waals surface area contributed by atoms with Crippen LogP contribution in [0, 0.1) is 17.8 Å². The third-order valence-electron chi connectivity index (χ3n) is 4.47. The van der Waals surface area contributed by atoms with E-state index in [2.05, 4.69) is 18.7 Å². The van der Waals surface area contributed by atoms with E-state index in [0.717, 1.165) is 44.1 Å². The van der Waals surface area contributed by atoms with Gasteiger partial charge in [-0.1, -0.05) is 26.7 Å². The van der Waals surface area contributed by atoms with Gasteiger partial charge in [0, 0.05) is 19.6 Å². The monoisotopic (exact) mass is 211 g/mol. The highest BCUT2D eigenvalue weighted by Crippen LogP contribution is 2.34. The highest BCUT2D eigenvalue weighted by Gasteiger charge is 2.28. The van der Waals surface area contributed by atoms with Crippen molar-refractivity contribution in [2.75, 3.05) is 32.8 Å². The molecular weight excluding hydrogens is 186 g/mol. The molecule has 2 rings (SSSR count). The van der Waals surface area contributed by atoms with E-state index in [4.69, 9.17) is 4.74 Å². The lowest BCUT2D eigenvalue weighted by Crippen LogP contribution is -2.42. The second kappa shape index (κ2) is 5.31. The zero-order chi connectivity index (χ0) is 10.7. The maximum atomic E-state index is 5.40. The molecule has 0 spiro atoms. The van der Waals surface area contributed by atoms with Crippen LogP contribution in [0.2, 0.25) is 0 Å². The Bertz CT molecular complexity index is 189. The SMILES string of the molecule is CC1CCCC(CN2CCOCC2)C1C. The number of hydrogen-bond acceptors (Lipinski definition) is 2. The summed E-state index contributed by atoms with van der Waals surface area (Å²) in [4.78, 5) is 2.60. The van der Waals surface area contributed by atoms with Crippen LogP contribution in [0.3, 0.4) is 0 Å². The third-order valence-corrected chi connectivity index (χ3v) is 4.47. The van der Waals surface area contributed by atoms with Crippen LogP contribution in [-0.4, -0.2) is 37.7 Å². The van der Waals surface area contributed by atoms with Crippen LogP contribution in [0.15, 0.2) is 0 Å². The van der Waals surface area contributed by atoms with Crippen molar-refractivity contribution < 1.29 is 4.74 Å². The minimum absolute atomic E-state index is 0.918. The van der Waals surface area contributed by atoms with E-state index in [0.29, 0.717) is 0 Å². The summed E-state index contributed by atoms with van der Waals surface area (Å²) in [6.07, 6.45) is 4.34. The van der Waals surface area contributed by atoms with Crippen molar-refractivity contribution in [3.05, 3.63) is 0 Å². The summed E-state index contributed by atoms with van der Waals surface area (Å²) in [5.74, 6) is 2.79. The minimum Gasteiger partial charge on any atom is -0.379 e. The van der Waals surface area contributed by atoms with Crippen LogP contribution in [0.5, 0.6) is 0 Å². The minimum atomic E-state index is 0.918. The van der Waals surface area contributed by atoms with Gasteiger partial charge < -0.3 is 4.74 Å². The van der Waals surface area contributed by atoms with Crippen molar-refractivity contribution in [2.45, 2.75) is 33.1 Å². The van der Waals surface area contributed by atoms with Crippen LogP contribution in [0.4, 0.5) is 0 Å². The highest BCUT2D eigenvalue weighted by molar-refractivity contribution is 4.80. The van der Waals surface area contributed by atoms with Crippen molar-refractivity contribution >= 4 is 0 Å². The van der Waals surface area contributed by atoms with Gasteiger partial charge in [-0.05, 0) is 24.2 Å². The number of rotatable bonds is 2. The fraction of sp³-hybridized carbons (Fsp3) is 1.00. The van der Waals surface area contributed by atoms with E-state index in [1.807, 2.05) is 0 Å². The van der Waals surface area contributed by atoms with Gasteiger partial charge in [0.25, 0.3) is 0 Å². The van der Waals surface area contributed by atoms with Crippen LogP contribution >= 0.6 is 0 Å². The van der Waals surface area contributed by atoms with E-state index in [9.17, 15) is 0 Å². The largest absolute Gasteiger partial charge is 0.379 e. The summed E-state index contributed by atoms with van der Waals surface area (Å²) >= 11 is 0. The molecule has 0 radical (unpaired) electrons. The molecule has 2 aliphatic rings. The highest BCUT2D eigenvalue weighted by atomic mass is 16.5. The molecule has 0 amide bonds. The lowest BCUT2D eigenvalue weighted by molar-refractivity contribution is 0.0182. The lowest BCUT2D eigenvalue weighted by Gasteiger charge is -2.38. The summed E-state index contributed by atoms with van der Waals surface area (Å²) in [6.45, 7) is 10.4. The number of nitrogens with zero attached hydrogens (tertiary/aromatic N) is 1. The van der Waals surface area contributed by atoms with Gasteiger partial charge in [0.05, 0.1) is 13.2 Å². The zero-order valence-electron chi connectivity index (χ0n) is 10.2. The van der Waals surface area contributed by atoms with Gasteiger partial charge in [0.15, 0.2) is 0 Å². The molecule has 1 saturated carbocycles. The quantitative estimate of drug-likeness (QED) is 0.695. The Morgan fingerprint density at radius 1 is 1.13 bits per heavy atom. The molecule has 1 aliphatic heterocycles. The van der Waals surface area contributed by atoms with E-state index in [1.54, 1.807) is 0 Å². The van der Waals surface area contributed by atoms with Crippen molar-refractivity contribution in [2.24, 2.45) is 17.8 Å². The zero-order valence-corrected chi connectivity index (χ0v) is 10.2. The molecule has 2 heteroatoms. The number of hydrogen-bond donors (Lipinski definition) is 0. The molecule has 1 heterocycles. The van der Waals surface area contributed by atoms with Crippen LogP contribution in [0.1, 0.15) is 33.1 Å². The maximum absolute atomic E-state index is 5.40. The van der Waals surface area contributed by atoms with E-state index < -0.39 is 0 Å². The molecule has 88 valence electrons. The molecule has 0 aromatic rings. The second-order valence-corrected chi connectivity index (χ2v) is 5.44. The Morgan fingerprint density at radius 3 is 2.60 bits per heavy atom. The second-order valence-electron chi connectivity index (χ2n) is 5.44. The molecule has 1 aliphatic carbocycles. The van der Waals surface area contributed by atoms with Gasteiger partial charge in [0.1, 0.15) is 0 Å². The molecule has 0 N–H and O–H groups in total. The molecular formula is C13H25NO. The summed E-state index contributed by atoms with van der Waals surface area (Å²) in [7, 11) is 0. The summed E-state index contributed by atoms with van der Waals surface area (Å²) in [5.41, 5.74) is 0. The van der Waals surface area contributed by atoms with E-state index >= 15 is 0 Å². The Morgan fingerprint density at radius 2 is 1.87 bits per heavy atom. The van der Waals surface area contributed by atoms with Crippen LogP contribution in [-0.2, 0) is 4.74 Å². The Labute approximate surface area is 94.0 Å². The van der Waals surface area contributed by atoms with Gasteiger partial charge in [-0.15, -0.1) is 0 Å². The molecule has 2 nitrogen and oxygen atoms in total. The predicted molar refractivity (Wildman–Crippen MR) is 62.9 cm³/mol. The third kappa shape index (κ3) is 2.94. The summed E-state index contributed by atoms with van der Waals surface area (Å²) in [6, 6.07) is 0. The van der Waals surface area contributed by atoms with Crippen LogP contribution < -0.4 is 0 Å². The normalized spacial score (nSPS) is 39.2. The van der Waals surface area contributed by atoms with Crippen molar-refractivity contribution in [1.29, 1.82) is 0 Å². The maximum Gasteiger partial charge on any atom is 0.0594 e. The van der Waals surface area contributed by atoms with Gasteiger partial charge in [-0.2, -0.15) is 0 Å². The van der Waals surface area contributed by atoms with E-state index in [-0.39, 0.29) is 0 Å². The average molecular weight is 211 g/mol. The summed E-state index contributed by atoms with van der Waals surface area (Å²) in [5, 5.41) is 0. The molecule has 0 aromatic heterocycles. The van der Waals surface area contributed by atoms with Gasteiger partial charge in [-0.3, -0.25) is 4.90 Å². The Balaban J connectivity index is 1.81. The first-order valence-corrected chi connectivity index (χ1v) is 6.57. The van der Waals surface area contributed by atoms with Gasteiger partial charge in [0.2, 0.25) is 0 Å². The van der Waals surface area contributed by atoms with E-state index in [1.165, 1.54) is 25.8 Å². The van der Waals surface area contributed by atoms with Gasteiger partial charge in [-0.25, -0.2) is 0 Å². The molecule has 1 saturated heterocycles. The van der Waals surface area contributed by atoms with Crippen LogP contribution in [0.25, 0.3) is 0 Å². The standard InChI is InChI=1S/C13H25NO/c1-11-4-3-5-13(12(11)2)10-14-6-8-15-9-7-14/h11-13H,3-10H2,1-2H3. The molecule has 3 atom stereocenters. The average Bonchev–Trinajstić information content (AvgIpc) is 2.26. The van der Waals surface area contributed by atoms with Crippen molar-refractivity contribution in [3.8, 4) is 0 Å². The molecule has 2 fully saturated rings. The molecule has 0 aromatic carbocycles. The number of morpholine rings is 1. The Hall–Kier alpha value is -0.0800. The first kappa shape index (κ1) is 11.4. The predicted octanol–water partition coefficient (Wildman–Crippen LogP) is 2.39. The van der Waals surface area contributed by atoms with Crippen molar-refractivity contribution in [1.82, 2.24) is 4.90 Å². The fourth-order valence-electron chi connectivity index (χ4n) is 3.07. The Kier molecular flexibility index (Phi) is 4.04. The first-order chi connectivity index (χ1) is 7.27. The van der Waals surface area contributed by atoms with Gasteiger partial charge >= 0.3 is 0 Å². The van der Waals surface area contributed by atoms with Crippen molar-refractivity contribution in [3.63, 3.8) is 0 Å². The molecule has 0 bridgehead atoms. The fourth-order valence-corrected chi connectivity index (χ4v) is 3.07. The number of ether oxygens (including phenoxy) is 1. The lowest BCUT2D eigenvalue weighted by atomic mass is 9.73.